The lowest BCUT2D eigenvalue weighted by Gasteiger charge is -2.17. The molecule has 9 heteroatoms. The Morgan fingerprint density at radius 2 is 2.00 bits per heavy atom. The zero-order valence-corrected chi connectivity index (χ0v) is 16.9. The van der Waals surface area contributed by atoms with Crippen LogP contribution in [0.15, 0.2) is 44.4 Å². The van der Waals surface area contributed by atoms with E-state index in [0.717, 1.165) is 16.7 Å². The highest BCUT2D eigenvalue weighted by molar-refractivity contribution is 6.30. The zero-order chi connectivity index (χ0) is 20.8. The van der Waals surface area contributed by atoms with E-state index >= 15 is 0 Å². The first-order chi connectivity index (χ1) is 13.7. The number of fused-ring (bicyclic) bond motifs is 1. The van der Waals surface area contributed by atoms with Crippen LogP contribution in [0.4, 0.5) is 0 Å². The van der Waals surface area contributed by atoms with Crippen LogP contribution in [-0.2, 0) is 24.9 Å². The highest BCUT2D eigenvalue weighted by Gasteiger charge is 2.32. The molecule has 0 aliphatic carbocycles. The summed E-state index contributed by atoms with van der Waals surface area (Å²) in [7, 11) is 0. The highest BCUT2D eigenvalue weighted by Crippen LogP contribution is 2.31. The number of hydrogen-bond donors (Lipinski definition) is 1. The second-order valence-electron chi connectivity index (χ2n) is 7.90. The standard InChI is InChI=1S/C20H21ClN4O4/c1-20(2)7-8-24-15(20)10-18(27)25(19(24)28)11-17-22-16(23-29-17)9-14(26)12-3-5-13(21)6-4-12/h3-6,10,14,26H,7-9,11H2,1-2H3/t14-/m0/s1. The van der Waals surface area contributed by atoms with Gasteiger partial charge < -0.3 is 9.63 Å². The second kappa shape index (κ2) is 7.27. The molecule has 0 saturated carbocycles. The minimum absolute atomic E-state index is 0.109. The molecular formula is C20H21ClN4O4. The lowest BCUT2D eigenvalue weighted by atomic mass is 9.88. The molecule has 8 nitrogen and oxygen atoms in total. The van der Waals surface area contributed by atoms with Crippen molar-refractivity contribution in [1.82, 2.24) is 19.3 Å². The molecule has 0 bridgehead atoms. The first-order valence-corrected chi connectivity index (χ1v) is 9.72. The number of aromatic nitrogens is 4. The fraction of sp³-hybridized carbons (Fsp3) is 0.400. The van der Waals surface area contributed by atoms with Crippen LogP contribution < -0.4 is 11.2 Å². The molecule has 0 radical (unpaired) electrons. The first kappa shape index (κ1) is 19.6. The van der Waals surface area contributed by atoms with E-state index in [9.17, 15) is 14.7 Å². The van der Waals surface area contributed by atoms with Gasteiger partial charge in [-0.3, -0.25) is 13.9 Å². The Morgan fingerprint density at radius 3 is 2.72 bits per heavy atom. The summed E-state index contributed by atoms with van der Waals surface area (Å²) in [4.78, 5) is 29.5. The summed E-state index contributed by atoms with van der Waals surface area (Å²) in [5.74, 6) is 0.429. The van der Waals surface area contributed by atoms with Crippen LogP contribution in [0.2, 0.25) is 5.02 Å². The molecule has 1 aliphatic heterocycles. The van der Waals surface area contributed by atoms with Gasteiger partial charge in [-0.2, -0.15) is 4.98 Å². The van der Waals surface area contributed by atoms with Gasteiger partial charge in [0.05, 0.1) is 6.10 Å². The summed E-state index contributed by atoms with van der Waals surface area (Å²) in [6.45, 7) is 4.50. The Bertz CT molecular complexity index is 1160. The van der Waals surface area contributed by atoms with Crippen molar-refractivity contribution < 1.29 is 9.63 Å². The third-order valence-electron chi connectivity index (χ3n) is 5.37. The molecular weight excluding hydrogens is 396 g/mol. The summed E-state index contributed by atoms with van der Waals surface area (Å²) in [6.07, 6.45) is 0.115. The molecule has 0 saturated heterocycles. The van der Waals surface area contributed by atoms with Crippen molar-refractivity contribution in [2.24, 2.45) is 0 Å². The fourth-order valence-electron chi connectivity index (χ4n) is 3.61. The Balaban J connectivity index is 1.54. The maximum Gasteiger partial charge on any atom is 0.331 e. The van der Waals surface area contributed by atoms with E-state index in [-0.39, 0.29) is 35.8 Å². The molecule has 0 fully saturated rings. The number of aliphatic hydroxyl groups is 1. The summed E-state index contributed by atoms with van der Waals surface area (Å²) < 4.78 is 7.92. The van der Waals surface area contributed by atoms with Gasteiger partial charge in [0.25, 0.3) is 5.56 Å². The number of halogens is 1. The number of rotatable bonds is 5. The zero-order valence-electron chi connectivity index (χ0n) is 16.1. The van der Waals surface area contributed by atoms with Crippen molar-refractivity contribution in [3.8, 4) is 0 Å². The lowest BCUT2D eigenvalue weighted by Crippen LogP contribution is -2.40. The SMILES string of the molecule is CC1(C)CCn2c1cc(=O)n(Cc1nc(C[C@H](O)c3ccc(Cl)cc3)no1)c2=O. The molecule has 3 heterocycles. The van der Waals surface area contributed by atoms with Crippen molar-refractivity contribution >= 4 is 11.6 Å². The number of hydrogen-bond acceptors (Lipinski definition) is 6. The van der Waals surface area contributed by atoms with Crippen LogP contribution in [0.3, 0.4) is 0 Å². The number of aliphatic hydroxyl groups excluding tert-OH is 1. The van der Waals surface area contributed by atoms with Gasteiger partial charge in [-0.1, -0.05) is 42.7 Å². The van der Waals surface area contributed by atoms with Crippen LogP contribution in [0.5, 0.6) is 0 Å². The predicted molar refractivity (Wildman–Crippen MR) is 106 cm³/mol. The highest BCUT2D eigenvalue weighted by atomic mass is 35.5. The Labute approximate surface area is 171 Å². The normalized spacial score (nSPS) is 16.0. The van der Waals surface area contributed by atoms with Gasteiger partial charge in [0.15, 0.2) is 5.82 Å². The molecule has 29 heavy (non-hydrogen) atoms. The van der Waals surface area contributed by atoms with Crippen LogP contribution in [0, 0.1) is 0 Å². The molecule has 1 aromatic carbocycles. The van der Waals surface area contributed by atoms with Crippen LogP contribution >= 0.6 is 11.6 Å². The van der Waals surface area contributed by atoms with E-state index in [1.807, 2.05) is 13.8 Å². The molecule has 0 amide bonds. The Kier molecular flexibility index (Phi) is 4.92. The average Bonchev–Trinajstić information content (AvgIpc) is 3.23. The molecule has 2 aromatic heterocycles. The third kappa shape index (κ3) is 3.77. The van der Waals surface area contributed by atoms with Crippen LogP contribution in [-0.4, -0.2) is 24.4 Å². The molecule has 1 aliphatic rings. The summed E-state index contributed by atoms with van der Waals surface area (Å²) >= 11 is 5.86. The molecule has 1 N–H and O–H groups in total. The number of benzene rings is 1. The van der Waals surface area contributed by atoms with E-state index in [1.165, 1.54) is 6.07 Å². The van der Waals surface area contributed by atoms with Crippen LogP contribution in [0.25, 0.3) is 0 Å². The topological polar surface area (TPSA) is 103 Å². The predicted octanol–water partition coefficient (Wildman–Crippen LogP) is 2.05. The van der Waals surface area contributed by atoms with Crippen molar-refractivity contribution in [1.29, 1.82) is 0 Å². The molecule has 3 aromatic rings. The maximum atomic E-state index is 12.8. The van der Waals surface area contributed by atoms with Crippen LogP contribution in [0.1, 0.15) is 49.3 Å². The number of nitrogens with zero attached hydrogens (tertiary/aromatic N) is 4. The van der Waals surface area contributed by atoms with E-state index in [4.69, 9.17) is 16.1 Å². The molecule has 0 unspecified atom stereocenters. The lowest BCUT2D eigenvalue weighted by molar-refractivity contribution is 0.174. The molecule has 0 spiro atoms. The first-order valence-electron chi connectivity index (χ1n) is 9.35. The fourth-order valence-corrected chi connectivity index (χ4v) is 3.73. The van der Waals surface area contributed by atoms with Crippen molar-refractivity contribution in [3.63, 3.8) is 0 Å². The van der Waals surface area contributed by atoms with Gasteiger partial charge in [0.1, 0.15) is 6.54 Å². The van der Waals surface area contributed by atoms with Gasteiger partial charge in [-0.05, 0) is 24.1 Å². The maximum absolute atomic E-state index is 12.8. The quantitative estimate of drug-likeness (QED) is 0.682. The van der Waals surface area contributed by atoms with E-state index in [1.54, 1.807) is 28.8 Å². The van der Waals surface area contributed by atoms with E-state index < -0.39 is 11.7 Å². The summed E-state index contributed by atoms with van der Waals surface area (Å²) in [5, 5.41) is 14.8. The van der Waals surface area contributed by atoms with Crippen molar-refractivity contribution in [2.45, 2.75) is 51.3 Å². The largest absolute Gasteiger partial charge is 0.388 e. The Morgan fingerprint density at radius 1 is 1.28 bits per heavy atom. The van der Waals surface area contributed by atoms with E-state index in [2.05, 4.69) is 10.1 Å². The van der Waals surface area contributed by atoms with Crippen molar-refractivity contribution in [2.75, 3.05) is 0 Å². The molecule has 4 rings (SSSR count). The van der Waals surface area contributed by atoms with Gasteiger partial charge in [-0.25, -0.2) is 4.79 Å². The van der Waals surface area contributed by atoms with Gasteiger partial charge in [-0.15, -0.1) is 0 Å². The Hall–Kier alpha value is -2.71. The van der Waals surface area contributed by atoms with Gasteiger partial charge >= 0.3 is 5.69 Å². The van der Waals surface area contributed by atoms with Crippen molar-refractivity contribution in [3.05, 3.63) is 79.2 Å². The smallest absolute Gasteiger partial charge is 0.331 e. The minimum atomic E-state index is -0.826. The minimum Gasteiger partial charge on any atom is -0.388 e. The van der Waals surface area contributed by atoms with E-state index in [0.29, 0.717) is 17.1 Å². The van der Waals surface area contributed by atoms with Gasteiger partial charge in [0, 0.05) is 35.2 Å². The summed E-state index contributed by atoms with van der Waals surface area (Å²) in [6, 6.07) is 8.34. The third-order valence-corrected chi connectivity index (χ3v) is 5.62. The monoisotopic (exact) mass is 416 g/mol. The molecule has 152 valence electrons. The average molecular weight is 417 g/mol. The second-order valence-corrected chi connectivity index (χ2v) is 8.33. The molecule has 1 atom stereocenters. The van der Waals surface area contributed by atoms with Gasteiger partial charge in [0.2, 0.25) is 5.89 Å². The summed E-state index contributed by atoms with van der Waals surface area (Å²) in [5.41, 5.74) is 0.459.